The second kappa shape index (κ2) is 5.92. The number of nitrogens with zero attached hydrogens (tertiary/aromatic N) is 2. The van der Waals surface area contributed by atoms with Gasteiger partial charge in [0, 0.05) is 12.5 Å². The van der Waals surface area contributed by atoms with E-state index in [4.69, 9.17) is 18.7 Å². The van der Waals surface area contributed by atoms with E-state index in [1.165, 1.54) is 0 Å². The van der Waals surface area contributed by atoms with Gasteiger partial charge in [0.15, 0.2) is 12.4 Å². The van der Waals surface area contributed by atoms with Gasteiger partial charge in [-0.1, -0.05) is 5.16 Å². The van der Waals surface area contributed by atoms with Crippen LogP contribution in [0, 0.1) is 0 Å². The molecule has 0 aliphatic carbocycles. The molecule has 0 bridgehead atoms. The lowest BCUT2D eigenvalue weighted by Crippen LogP contribution is -2.01. The van der Waals surface area contributed by atoms with E-state index in [2.05, 4.69) is 10.1 Å². The summed E-state index contributed by atoms with van der Waals surface area (Å²) in [6.45, 7) is 1.68. The Hall–Kier alpha value is -2.08. The summed E-state index contributed by atoms with van der Waals surface area (Å²) in [5.74, 6) is 2.94. The Morgan fingerprint density at radius 2 is 2.05 bits per heavy atom. The normalized spacial score (nSPS) is 18.1. The molecule has 6 heteroatoms. The summed E-state index contributed by atoms with van der Waals surface area (Å²) in [6, 6.07) is 7.34. The smallest absolute Gasteiger partial charge is 0.264 e. The maximum atomic E-state index is 5.58. The van der Waals surface area contributed by atoms with Crippen molar-refractivity contribution in [3.05, 3.63) is 36.0 Å². The van der Waals surface area contributed by atoms with E-state index in [1.54, 1.807) is 7.11 Å². The lowest BCUT2D eigenvalue weighted by molar-refractivity contribution is 0.192. The molecule has 0 saturated carbocycles. The summed E-state index contributed by atoms with van der Waals surface area (Å²) in [7, 11) is 1.63. The van der Waals surface area contributed by atoms with Crippen molar-refractivity contribution < 1.29 is 18.7 Å². The van der Waals surface area contributed by atoms with Crippen LogP contribution in [0.5, 0.6) is 11.5 Å². The molecule has 3 rings (SSSR count). The van der Waals surface area contributed by atoms with Crippen LogP contribution in [0.2, 0.25) is 0 Å². The van der Waals surface area contributed by atoms with E-state index in [0.29, 0.717) is 18.3 Å². The zero-order chi connectivity index (χ0) is 13.8. The highest BCUT2D eigenvalue weighted by Gasteiger charge is 2.23. The molecule has 2 heterocycles. The van der Waals surface area contributed by atoms with Crippen molar-refractivity contribution in [1.82, 2.24) is 10.1 Å². The summed E-state index contributed by atoms with van der Waals surface area (Å²) in [6.07, 6.45) is 0.943. The Bertz CT molecular complexity index is 547. The minimum atomic E-state index is 0.244. The number of hydrogen-bond acceptors (Lipinski definition) is 6. The average molecular weight is 276 g/mol. The zero-order valence-electron chi connectivity index (χ0n) is 11.2. The number of rotatable bonds is 5. The van der Waals surface area contributed by atoms with Crippen LogP contribution in [0.4, 0.5) is 0 Å². The number of hydrogen-bond donors (Lipinski definition) is 0. The molecule has 1 saturated heterocycles. The fourth-order valence-electron chi connectivity index (χ4n) is 2.05. The SMILES string of the molecule is COc1ccc(OCc2nc([C@H]3CCOC3)no2)cc1. The minimum Gasteiger partial charge on any atom is -0.497 e. The first-order valence-electron chi connectivity index (χ1n) is 6.52. The molecule has 0 radical (unpaired) electrons. The summed E-state index contributed by atoms with van der Waals surface area (Å²) in [4.78, 5) is 4.33. The first-order chi connectivity index (χ1) is 9.85. The topological polar surface area (TPSA) is 66.6 Å². The van der Waals surface area contributed by atoms with Crippen LogP contribution in [0.1, 0.15) is 24.1 Å². The lowest BCUT2D eigenvalue weighted by Gasteiger charge is -2.04. The van der Waals surface area contributed by atoms with Crippen LogP contribution in [0.15, 0.2) is 28.8 Å². The van der Waals surface area contributed by atoms with Crippen LogP contribution < -0.4 is 9.47 Å². The molecule has 6 nitrogen and oxygen atoms in total. The molecule has 0 unspecified atom stereocenters. The van der Waals surface area contributed by atoms with Crippen molar-refractivity contribution in [1.29, 1.82) is 0 Å². The first kappa shape index (κ1) is 12.9. The Labute approximate surface area is 116 Å². The Morgan fingerprint density at radius 3 is 2.75 bits per heavy atom. The van der Waals surface area contributed by atoms with Crippen molar-refractivity contribution >= 4 is 0 Å². The monoisotopic (exact) mass is 276 g/mol. The molecule has 20 heavy (non-hydrogen) atoms. The number of ether oxygens (including phenoxy) is 3. The quantitative estimate of drug-likeness (QED) is 0.833. The predicted octanol–water partition coefficient (Wildman–Crippen LogP) is 2.16. The van der Waals surface area contributed by atoms with Crippen LogP contribution in [0.3, 0.4) is 0 Å². The molecule has 1 atom stereocenters. The molecule has 2 aromatic rings. The van der Waals surface area contributed by atoms with Gasteiger partial charge in [0.1, 0.15) is 11.5 Å². The Morgan fingerprint density at radius 1 is 1.25 bits per heavy atom. The number of aromatic nitrogens is 2. The van der Waals surface area contributed by atoms with Crippen molar-refractivity contribution in [2.45, 2.75) is 18.9 Å². The van der Waals surface area contributed by atoms with Gasteiger partial charge in [0.2, 0.25) is 0 Å². The molecule has 0 N–H and O–H groups in total. The molecule has 0 spiro atoms. The maximum absolute atomic E-state index is 5.58. The van der Waals surface area contributed by atoms with Gasteiger partial charge >= 0.3 is 0 Å². The third-order valence-corrected chi connectivity index (χ3v) is 3.20. The first-order valence-corrected chi connectivity index (χ1v) is 6.52. The fraction of sp³-hybridized carbons (Fsp3) is 0.429. The van der Waals surface area contributed by atoms with Crippen molar-refractivity contribution in [3.8, 4) is 11.5 Å². The summed E-state index contributed by atoms with van der Waals surface area (Å²) < 4.78 is 21.2. The van der Waals surface area contributed by atoms with Crippen LogP contribution in [-0.4, -0.2) is 30.5 Å². The molecular weight excluding hydrogens is 260 g/mol. The van der Waals surface area contributed by atoms with E-state index in [1.807, 2.05) is 24.3 Å². The third kappa shape index (κ3) is 2.91. The van der Waals surface area contributed by atoms with Crippen molar-refractivity contribution in [2.24, 2.45) is 0 Å². The highest BCUT2D eigenvalue weighted by molar-refractivity contribution is 5.31. The average Bonchev–Trinajstić information content (AvgIpc) is 3.16. The molecule has 1 aliphatic heterocycles. The van der Waals surface area contributed by atoms with Crippen molar-refractivity contribution in [2.75, 3.05) is 20.3 Å². The predicted molar refractivity (Wildman–Crippen MR) is 69.8 cm³/mol. The second-order valence-corrected chi connectivity index (χ2v) is 4.57. The van der Waals surface area contributed by atoms with Gasteiger partial charge in [0.05, 0.1) is 13.7 Å². The van der Waals surface area contributed by atoms with Crippen LogP contribution in [0.25, 0.3) is 0 Å². The number of benzene rings is 1. The third-order valence-electron chi connectivity index (χ3n) is 3.20. The van der Waals surface area contributed by atoms with E-state index in [0.717, 1.165) is 24.5 Å². The van der Waals surface area contributed by atoms with Crippen LogP contribution in [-0.2, 0) is 11.3 Å². The minimum absolute atomic E-state index is 0.244. The van der Waals surface area contributed by atoms with Gasteiger partial charge in [-0.25, -0.2) is 0 Å². The summed E-state index contributed by atoms with van der Waals surface area (Å²) in [5.41, 5.74) is 0. The molecule has 1 aliphatic rings. The highest BCUT2D eigenvalue weighted by atomic mass is 16.5. The van der Waals surface area contributed by atoms with E-state index in [9.17, 15) is 0 Å². The van der Waals surface area contributed by atoms with Crippen LogP contribution >= 0.6 is 0 Å². The summed E-state index contributed by atoms with van der Waals surface area (Å²) in [5, 5.41) is 3.97. The summed E-state index contributed by atoms with van der Waals surface area (Å²) >= 11 is 0. The lowest BCUT2D eigenvalue weighted by atomic mass is 10.1. The van der Waals surface area contributed by atoms with Gasteiger partial charge in [-0.15, -0.1) is 0 Å². The largest absolute Gasteiger partial charge is 0.497 e. The molecule has 1 fully saturated rings. The zero-order valence-corrected chi connectivity index (χ0v) is 11.2. The van der Waals surface area contributed by atoms with Gasteiger partial charge in [-0.05, 0) is 30.7 Å². The molecule has 1 aromatic heterocycles. The van der Waals surface area contributed by atoms with Gasteiger partial charge < -0.3 is 18.7 Å². The maximum Gasteiger partial charge on any atom is 0.264 e. The number of methoxy groups -OCH3 is 1. The fourth-order valence-corrected chi connectivity index (χ4v) is 2.05. The molecule has 0 amide bonds. The van der Waals surface area contributed by atoms with Gasteiger partial charge in [-0.2, -0.15) is 4.98 Å². The standard InChI is InChI=1S/C14H16N2O4/c1-17-11-2-4-12(5-3-11)19-9-13-15-14(16-20-13)10-6-7-18-8-10/h2-5,10H,6-9H2,1H3/t10-/m0/s1. The highest BCUT2D eigenvalue weighted by Crippen LogP contribution is 2.23. The molecular formula is C14H16N2O4. The Kier molecular flexibility index (Phi) is 3.83. The molecule has 106 valence electrons. The molecule has 1 aromatic carbocycles. The van der Waals surface area contributed by atoms with E-state index >= 15 is 0 Å². The van der Waals surface area contributed by atoms with E-state index in [-0.39, 0.29) is 12.5 Å². The van der Waals surface area contributed by atoms with Crippen molar-refractivity contribution in [3.63, 3.8) is 0 Å². The van der Waals surface area contributed by atoms with Gasteiger partial charge in [-0.3, -0.25) is 0 Å². The Balaban J connectivity index is 1.57. The second-order valence-electron chi connectivity index (χ2n) is 4.57. The van der Waals surface area contributed by atoms with Gasteiger partial charge in [0.25, 0.3) is 5.89 Å². The van der Waals surface area contributed by atoms with E-state index < -0.39 is 0 Å².